The summed E-state index contributed by atoms with van der Waals surface area (Å²) in [6.07, 6.45) is 2.80. The lowest BCUT2D eigenvalue weighted by atomic mass is 10.0. The molecule has 1 N–H and O–H groups in total. The molecular formula is C18H16O5. The number of ketones is 1. The molecule has 0 atom stereocenters. The first kappa shape index (κ1) is 16.3. The van der Waals surface area contributed by atoms with Gasteiger partial charge in [-0.05, 0) is 35.9 Å². The van der Waals surface area contributed by atoms with Crippen molar-refractivity contribution in [2.75, 3.05) is 14.2 Å². The second-order valence-corrected chi connectivity index (χ2v) is 4.66. The summed E-state index contributed by atoms with van der Waals surface area (Å²) < 4.78 is 10.3. The van der Waals surface area contributed by atoms with E-state index in [2.05, 4.69) is 0 Å². The van der Waals surface area contributed by atoms with Gasteiger partial charge in [0.15, 0.2) is 5.78 Å². The molecule has 0 amide bonds. The number of carboxylic acids is 1. The van der Waals surface area contributed by atoms with Crippen molar-refractivity contribution in [3.63, 3.8) is 0 Å². The van der Waals surface area contributed by atoms with Crippen molar-refractivity contribution < 1.29 is 24.2 Å². The van der Waals surface area contributed by atoms with E-state index in [1.54, 1.807) is 36.4 Å². The zero-order chi connectivity index (χ0) is 16.8. The van der Waals surface area contributed by atoms with Crippen LogP contribution in [0.2, 0.25) is 0 Å². The minimum Gasteiger partial charge on any atom is -0.497 e. The lowest BCUT2D eigenvalue weighted by molar-refractivity contribution is 0.0696. The number of carbonyl (C=O) groups excluding carboxylic acids is 1. The summed E-state index contributed by atoms with van der Waals surface area (Å²) in [5.74, 6) is -0.391. The van der Waals surface area contributed by atoms with Crippen molar-refractivity contribution in [3.05, 3.63) is 65.2 Å². The van der Waals surface area contributed by atoms with Crippen LogP contribution in [0, 0.1) is 0 Å². The van der Waals surface area contributed by atoms with Crippen LogP contribution < -0.4 is 9.47 Å². The molecule has 0 fully saturated rings. The average molecular weight is 312 g/mol. The van der Waals surface area contributed by atoms with Gasteiger partial charge in [0, 0.05) is 0 Å². The largest absolute Gasteiger partial charge is 0.497 e. The molecule has 0 bridgehead atoms. The van der Waals surface area contributed by atoms with E-state index in [4.69, 9.17) is 14.6 Å². The number of aromatic carboxylic acids is 1. The van der Waals surface area contributed by atoms with Gasteiger partial charge in [-0.1, -0.05) is 24.3 Å². The fourth-order valence-electron chi connectivity index (χ4n) is 2.10. The Morgan fingerprint density at radius 2 is 1.74 bits per heavy atom. The highest BCUT2D eigenvalue weighted by molar-refractivity contribution is 6.09. The molecule has 0 aliphatic carbocycles. The van der Waals surface area contributed by atoms with Crippen molar-refractivity contribution in [1.29, 1.82) is 0 Å². The minimum absolute atomic E-state index is 0.133. The molecule has 0 radical (unpaired) electrons. The molecule has 5 heteroatoms. The van der Waals surface area contributed by atoms with Crippen LogP contribution in [-0.2, 0) is 0 Å². The smallest absolute Gasteiger partial charge is 0.336 e. The zero-order valence-corrected chi connectivity index (χ0v) is 12.8. The van der Waals surface area contributed by atoms with Crippen LogP contribution in [0.15, 0.2) is 48.5 Å². The van der Waals surface area contributed by atoms with Crippen molar-refractivity contribution in [2.45, 2.75) is 0 Å². The van der Waals surface area contributed by atoms with E-state index in [1.165, 1.54) is 32.4 Å². The average Bonchev–Trinajstić information content (AvgIpc) is 2.59. The highest BCUT2D eigenvalue weighted by Crippen LogP contribution is 2.25. The van der Waals surface area contributed by atoms with E-state index in [0.29, 0.717) is 22.6 Å². The molecule has 0 unspecified atom stereocenters. The number of carboxylic acid groups (broad SMARTS) is 1. The highest BCUT2D eigenvalue weighted by Gasteiger charge is 2.12. The molecule has 23 heavy (non-hydrogen) atoms. The third-order valence-electron chi connectivity index (χ3n) is 3.28. The predicted molar refractivity (Wildman–Crippen MR) is 86.3 cm³/mol. The first-order valence-corrected chi connectivity index (χ1v) is 6.83. The van der Waals surface area contributed by atoms with Gasteiger partial charge in [0.25, 0.3) is 0 Å². The van der Waals surface area contributed by atoms with Crippen molar-refractivity contribution in [1.82, 2.24) is 0 Å². The van der Waals surface area contributed by atoms with E-state index in [1.807, 2.05) is 0 Å². The third-order valence-corrected chi connectivity index (χ3v) is 3.28. The standard InChI is InChI=1S/C18H16O5/c1-22-13-8-10-17(23-2)15(11-13)16(19)9-7-12-5-3-4-6-14(12)18(20)21/h3-11H,1-2H3,(H,20,21)/b9-7+. The second-order valence-electron chi connectivity index (χ2n) is 4.66. The van der Waals surface area contributed by atoms with Crippen molar-refractivity contribution >= 4 is 17.8 Å². The normalized spacial score (nSPS) is 10.5. The summed E-state index contributed by atoms with van der Waals surface area (Å²) in [5, 5.41) is 9.14. The Morgan fingerprint density at radius 1 is 1.00 bits per heavy atom. The Kier molecular flexibility index (Phi) is 5.15. The Hall–Kier alpha value is -3.08. The lowest BCUT2D eigenvalue weighted by Crippen LogP contribution is -2.01. The number of methoxy groups -OCH3 is 2. The van der Waals surface area contributed by atoms with Crippen molar-refractivity contribution in [2.24, 2.45) is 0 Å². The fourth-order valence-corrected chi connectivity index (χ4v) is 2.10. The maximum Gasteiger partial charge on any atom is 0.336 e. The molecule has 118 valence electrons. The summed E-state index contributed by atoms with van der Waals surface area (Å²) in [7, 11) is 2.98. The molecular weight excluding hydrogens is 296 g/mol. The molecule has 0 saturated heterocycles. The van der Waals surface area contributed by atoms with Gasteiger partial charge < -0.3 is 14.6 Å². The van der Waals surface area contributed by atoms with E-state index < -0.39 is 5.97 Å². The summed E-state index contributed by atoms with van der Waals surface area (Å²) >= 11 is 0. The third kappa shape index (κ3) is 3.77. The molecule has 2 rings (SSSR count). The Labute approximate surface area is 133 Å². The molecule has 0 spiro atoms. The molecule has 0 aliphatic heterocycles. The number of carbonyl (C=O) groups is 2. The number of rotatable bonds is 6. The maximum absolute atomic E-state index is 12.4. The second kappa shape index (κ2) is 7.26. The van der Waals surface area contributed by atoms with E-state index in [0.717, 1.165) is 0 Å². The monoisotopic (exact) mass is 312 g/mol. The van der Waals surface area contributed by atoms with Crippen LogP contribution in [-0.4, -0.2) is 31.1 Å². The highest BCUT2D eigenvalue weighted by atomic mass is 16.5. The first-order chi connectivity index (χ1) is 11.1. The Morgan fingerprint density at radius 3 is 2.39 bits per heavy atom. The summed E-state index contributed by atoms with van der Waals surface area (Å²) in [5.41, 5.74) is 0.931. The maximum atomic E-state index is 12.4. The van der Waals surface area contributed by atoms with Gasteiger partial charge in [0.2, 0.25) is 0 Å². The number of benzene rings is 2. The van der Waals surface area contributed by atoms with Crippen molar-refractivity contribution in [3.8, 4) is 11.5 Å². The van der Waals surface area contributed by atoms with E-state index >= 15 is 0 Å². The number of hydrogen-bond acceptors (Lipinski definition) is 4. The van der Waals surface area contributed by atoms with Gasteiger partial charge in [-0.3, -0.25) is 4.79 Å². The van der Waals surface area contributed by atoms with Crippen LogP contribution >= 0.6 is 0 Å². The Bertz CT molecular complexity index is 762. The van der Waals surface area contributed by atoms with Gasteiger partial charge in [0.05, 0.1) is 25.3 Å². The van der Waals surface area contributed by atoms with Gasteiger partial charge in [-0.25, -0.2) is 4.79 Å². The summed E-state index contributed by atoms with van der Waals surface area (Å²) in [6.45, 7) is 0. The summed E-state index contributed by atoms with van der Waals surface area (Å²) in [6, 6.07) is 11.4. The Balaban J connectivity index is 2.34. The van der Waals surface area contributed by atoms with Crippen LogP contribution in [0.3, 0.4) is 0 Å². The number of hydrogen-bond donors (Lipinski definition) is 1. The molecule has 0 aliphatic rings. The van der Waals surface area contributed by atoms with Crippen LogP contribution in [0.5, 0.6) is 11.5 Å². The predicted octanol–water partition coefficient (Wildman–Crippen LogP) is 3.30. The zero-order valence-electron chi connectivity index (χ0n) is 12.8. The van der Waals surface area contributed by atoms with Gasteiger partial charge >= 0.3 is 5.97 Å². The molecule has 0 heterocycles. The van der Waals surface area contributed by atoms with E-state index in [9.17, 15) is 9.59 Å². The van der Waals surface area contributed by atoms with E-state index in [-0.39, 0.29) is 11.3 Å². The number of allylic oxidation sites excluding steroid dienone is 1. The van der Waals surface area contributed by atoms with Crippen LogP contribution in [0.1, 0.15) is 26.3 Å². The number of ether oxygens (including phenoxy) is 2. The van der Waals surface area contributed by atoms with Gasteiger partial charge in [-0.2, -0.15) is 0 Å². The molecule has 0 aromatic heterocycles. The SMILES string of the molecule is COc1ccc(OC)c(C(=O)/C=C/c2ccccc2C(=O)O)c1. The summed E-state index contributed by atoms with van der Waals surface area (Å²) in [4.78, 5) is 23.5. The molecule has 2 aromatic carbocycles. The fraction of sp³-hybridized carbons (Fsp3) is 0.111. The molecule has 2 aromatic rings. The molecule has 0 saturated carbocycles. The van der Waals surface area contributed by atoms with Gasteiger partial charge in [-0.15, -0.1) is 0 Å². The van der Waals surface area contributed by atoms with Crippen LogP contribution in [0.25, 0.3) is 6.08 Å². The molecule has 5 nitrogen and oxygen atoms in total. The quantitative estimate of drug-likeness (QED) is 0.654. The topological polar surface area (TPSA) is 72.8 Å². The first-order valence-electron chi connectivity index (χ1n) is 6.83. The minimum atomic E-state index is -1.04. The van der Waals surface area contributed by atoms with Crippen LogP contribution in [0.4, 0.5) is 0 Å². The van der Waals surface area contributed by atoms with Gasteiger partial charge in [0.1, 0.15) is 11.5 Å². The lowest BCUT2D eigenvalue weighted by Gasteiger charge is -2.08.